The summed E-state index contributed by atoms with van der Waals surface area (Å²) in [6.45, 7) is 0. The van der Waals surface area contributed by atoms with Gasteiger partial charge in [-0.15, -0.1) is 12.4 Å². The van der Waals surface area contributed by atoms with Gasteiger partial charge >= 0.3 is 0 Å². The van der Waals surface area contributed by atoms with Gasteiger partial charge in [0.2, 0.25) is 0 Å². The molecule has 2 nitrogen and oxygen atoms in total. The molecule has 14 heavy (non-hydrogen) atoms. The van der Waals surface area contributed by atoms with Crippen LogP contribution in [0.4, 0.5) is 5.00 Å². The highest BCUT2D eigenvalue weighted by molar-refractivity contribution is 7.18. The average molecular weight is 227 g/mol. The molecule has 0 aliphatic heterocycles. The fourth-order valence-electron chi connectivity index (χ4n) is 1.10. The van der Waals surface area contributed by atoms with Crippen LogP contribution in [0, 0.1) is 0 Å². The van der Waals surface area contributed by atoms with Crippen LogP contribution in [0.2, 0.25) is 0 Å². The molecule has 0 amide bonds. The maximum atomic E-state index is 4.31. The first-order chi connectivity index (χ1) is 6.40. The summed E-state index contributed by atoms with van der Waals surface area (Å²) in [7, 11) is 1.91. The molecule has 4 heteroatoms. The zero-order valence-corrected chi connectivity index (χ0v) is 9.36. The Morgan fingerprint density at radius 3 is 2.50 bits per heavy atom. The third kappa shape index (κ3) is 2.25. The lowest BCUT2D eigenvalue weighted by molar-refractivity contribution is 1.40. The minimum Gasteiger partial charge on any atom is -0.379 e. The highest BCUT2D eigenvalue weighted by Gasteiger charge is 2.01. The summed E-state index contributed by atoms with van der Waals surface area (Å²) >= 11 is 1.66. The fourth-order valence-corrected chi connectivity index (χ4v) is 1.88. The van der Waals surface area contributed by atoms with Crippen molar-refractivity contribution in [1.82, 2.24) is 4.98 Å². The molecule has 2 rings (SSSR count). The Labute approximate surface area is 93.4 Å². The number of nitrogens with one attached hydrogen (secondary N) is 1. The monoisotopic (exact) mass is 226 g/mol. The van der Waals surface area contributed by atoms with Crippen molar-refractivity contribution < 1.29 is 0 Å². The quantitative estimate of drug-likeness (QED) is 0.850. The van der Waals surface area contributed by atoms with Crippen molar-refractivity contribution in [3.63, 3.8) is 0 Å². The normalized spacial score (nSPS) is 9.21. The molecule has 0 saturated carbocycles. The third-order valence-electron chi connectivity index (χ3n) is 1.77. The van der Waals surface area contributed by atoms with Crippen molar-refractivity contribution >= 4 is 28.7 Å². The van der Waals surface area contributed by atoms with Crippen molar-refractivity contribution in [3.8, 4) is 10.6 Å². The molecule has 0 fully saturated rings. The zero-order chi connectivity index (χ0) is 9.10. The second-order valence-electron chi connectivity index (χ2n) is 2.65. The van der Waals surface area contributed by atoms with Crippen LogP contribution in [0.1, 0.15) is 0 Å². The van der Waals surface area contributed by atoms with E-state index in [-0.39, 0.29) is 12.4 Å². The molecule has 0 atom stereocenters. The molecule has 1 N–H and O–H groups in total. The van der Waals surface area contributed by atoms with Crippen LogP contribution in [0.25, 0.3) is 10.6 Å². The van der Waals surface area contributed by atoms with Crippen molar-refractivity contribution in [3.05, 3.63) is 36.5 Å². The fraction of sp³-hybridized carbons (Fsp3) is 0.100. The van der Waals surface area contributed by atoms with Gasteiger partial charge in [-0.25, -0.2) is 4.98 Å². The van der Waals surface area contributed by atoms with E-state index in [1.807, 2.05) is 31.4 Å². The molecule has 74 valence electrons. The van der Waals surface area contributed by atoms with Crippen molar-refractivity contribution in [2.45, 2.75) is 0 Å². The number of hydrogen-bond acceptors (Lipinski definition) is 3. The average Bonchev–Trinajstić information content (AvgIpc) is 2.67. The van der Waals surface area contributed by atoms with E-state index in [9.17, 15) is 0 Å². The van der Waals surface area contributed by atoms with Crippen LogP contribution in [-0.4, -0.2) is 12.0 Å². The van der Waals surface area contributed by atoms with E-state index >= 15 is 0 Å². The van der Waals surface area contributed by atoms with Gasteiger partial charge in [0.05, 0.1) is 6.20 Å². The molecule has 1 aromatic heterocycles. The highest BCUT2D eigenvalue weighted by atomic mass is 35.5. The highest BCUT2D eigenvalue weighted by Crippen LogP contribution is 2.27. The first kappa shape index (κ1) is 11.0. The van der Waals surface area contributed by atoms with Crippen LogP contribution < -0.4 is 5.32 Å². The number of nitrogens with zero attached hydrogens (tertiary/aromatic N) is 1. The van der Waals surface area contributed by atoms with E-state index in [1.165, 1.54) is 5.56 Å². The van der Waals surface area contributed by atoms with Gasteiger partial charge in [-0.1, -0.05) is 41.7 Å². The van der Waals surface area contributed by atoms with Gasteiger partial charge in [-0.3, -0.25) is 0 Å². The summed E-state index contributed by atoms with van der Waals surface area (Å²) in [4.78, 5) is 4.31. The van der Waals surface area contributed by atoms with Gasteiger partial charge in [-0.2, -0.15) is 0 Å². The molecule has 0 spiro atoms. The molecule has 1 heterocycles. The predicted octanol–water partition coefficient (Wildman–Crippen LogP) is 3.27. The lowest BCUT2D eigenvalue weighted by atomic mass is 10.2. The van der Waals surface area contributed by atoms with Crippen molar-refractivity contribution in [2.24, 2.45) is 0 Å². The lowest BCUT2D eigenvalue weighted by Crippen LogP contribution is -1.80. The van der Waals surface area contributed by atoms with E-state index < -0.39 is 0 Å². The van der Waals surface area contributed by atoms with E-state index in [0.29, 0.717) is 0 Å². The van der Waals surface area contributed by atoms with E-state index in [4.69, 9.17) is 0 Å². The standard InChI is InChI=1S/C10H10N2S.ClH/c1-11-9-7-12-10(13-9)8-5-3-2-4-6-8;/h2-7,11H,1H3;1H. The van der Waals surface area contributed by atoms with Gasteiger partial charge in [0.25, 0.3) is 0 Å². The molecule has 0 radical (unpaired) electrons. The van der Waals surface area contributed by atoms with Crippen LogP contribution in [0.3, 0.4) is 0 Å². The lowest BCUT2D eigenvalue weighted by Gasteiger charge is -1.93. The molecule has 0 aliphatic rings. The summed E-state index contributed by atoms with van der Waals surface area (Å²) in [5.74, 6) is 0. The van der Waals surface area contributed by atoms with Crippen LogP contribution >= 0.6 is 23.7 Å². The largest absolute Gasteiger partial charge is 0.379 e. The Kier molecular flexibility index (Phi) is 3.92. The molecule has 0 unspecified atom stereocenters. The van der Waals surface area contributed by atoms with Crippen LogP contribution in [0.5, 0.6) is 0 Å². The number of hydrogen-bond donors (Lipinski definition) is 1. The second-order valence-corrected chi connectivity index (χ2v) is 3.68. The minimum absolute atomic E-state index is 0. The topological polar surface area (TPSA) is 24.9 Å². The van der Waals surface area contributed by atoms with Gasteiger partial charge < -0.3 is 5.32 Å². The van der Waals surface area contributed by atoms with Crippen LogP contribution in [0.15, 0.2) is 36.5 Å². The van der Waals surface area contributed by atoms with Gasteiger partial charge in [0.15, 0.2) is 0 Å². The van der Waals surface area contributed by atoms with Gasteiger partial charge in [0, 0.05) is 12.6 Å². The van der Waals surface area contributed by atoms with E-state index in [0.717, 1.165) is 10.0 Å². The second kappa shape index (κ2) is 4.98. The third-order valence-corrected chi connectivity index (χ3v) is 2.84. The Morgan fingerprint density at radius 2 is 1.93 bits per heavy atom. The van der Waals surface area contributed by atoms with Gasteiger partial charge in [-0.05, 0) is 0 Å². The Balaban J connectivity index is 0.000000980. The van der Waals surface area contributed by atoms with Crippen molar-refractivity contribution in [1.29, 1.82) is 0 Å². The van der Waals surface area contributed by atoms with E-state index in [1.54, 1.807) is 11.3 Å². The number of benzene rings is 1. The molecule has 0 bridgehead atoms. The van der Waals surface area contributed by atoms with Crippen LogP contribution in [-0.2, 0) is 0 Å². The SMILES string of the molecule is CNc1cnc(-c2ccccc2)s1.Cl. The molecule has 0 saturated heterocycles. The molecule has 1 aromatic carbocycles. The predicted molar refractivity (Wildman–Crippen MR) is 64.3 cm³/mol. The summed E-state index contributed by atoms with van der Waals surface area (Å²) in [6.07, 6.45) is 1.85. The number of thiazole rings is 1. The Morgan fingerprint density at radius 1 is 1.21 bits per heavy atom. The number of halogens is 1. The minimum atomic E-state index is 0. The number of aromatic nitrogens is 1. The Bertz CT molecular complexity index is 386. The first-order valence-corrected chi connectivity index (χ1v) is 4.91. The molecular formula is C10H11ClN2S. The van der Waals surface area contributed by atoms with Crippen molar-refractivity contribution in [2.75, 3.05) is 12.4 Å². The summed E-state index contributed by atoms with van der Waals surface area (Å²) in [5, 5.41) is 5.23. The summed E-state index contributed by atoms with van der Waals surface area (Å²) in [5.41, 5.74) is 1.18. The first-order valence-electron chi connectivity index (χ1n) is 4.09. The number of anilines is 1. The molecule has 2 aromatic rings. The van der Waals surface area contributed by atoms with E-state index in [2.05, 4.69) is 22.4 Å². The maximum absolute atomic E-state index is 4.31. The summed E-state index contributed by atoms with van der Waals surface area (Å²) < 4.78 is 0. The Hall–Kier alpha value is -1.06. The van der Waals surface area contributed by atoms with Gasteiger partial charge in [0.1, 0.15) is 10.0 Å². The smallest absolute Gasteiger partial charge is 0.125 e. The summed E-state index contributed by atoms with van der Waals surface area (Å²) in [6, 6.07) is 10.2. The number of rotatable bonds is 2. The molecular weight excluding hydrogens is 216 g/mol. The maximum Gasteiger partial charge on any atom is 0.125 e. The molecule has 0 aliphatic carbocycles. The zero-order valence-electron chi connectivity index (χ0n) is 7.73.